The van der Waals surface area contributed by atoms with Gasteiger partial charge in [-0.05, 0) is 12.1 Å². The molecule has 0 aliphatic heterocycles. The molecule has 0 spiro atoms. The van der Waals surface area contributed by atoms with Crippen molar-refractivity contribution in [3.8, 4) is 11.5 Å². The number of aromatic carboxylic acids is 1. The van der Waals surface area contributed by atoms with Crippen LogP contribution in [0.1, 0.15) is 16.8 Å². The van der Waals surface area contributed by atoms with Crippen molar-refractivity contribution < 1.29 is 32.5 Å². The predicted octanol–water partition coefficient (Wildman–Crippen LogP) is 2.72. The highest BCUT2D eigenvalue weighted by Gasteiger charge is 2.27. The quantitative estimate of drug-likeness (QED) is 0.888. The Morgan fingerprint density at radius 1 is 1.39 bits per heavy atom. The van der Waals surface area contributed by atoms with Gasteiger partial charge in [0.15, 0.2) is 11.5 Å². The van der Waals surface area contributed by atoms with Crippen LogP contribution in [0, 0.1) is 0 Å². The maximum atomic E-state index is 12.0. The SMILES string of the molecule is COc1cccc(C(=O)O)c1OCCC(F)(F)F. The van der Waals surface area contributed by atoms with Crippen molar-refractivity contribution in [2.75, 3.05) is 13.7 Å². The number of hydrogen-bond donors (Lipinski definition) is 1. The van der Waals surface area contributed by atoms with Gasteiger partial charge in [-0.25, -0.2) is 4.79 Å². The van der Waals surface area contributed by atoms with Gasteiger partial charge >= 0.3 is 12.1 Å². The topological polar surface area (TPSA) is 55.8 Å². The molecule has 7 heteroatoms. The third-order valence-electron chi connectivity index (χ3n) is 2.06. The number of carbonyl (C=O) groups is 1. The first-order chi connectivity index (χ1) is 8.35. The van der Waals surface area contributed by atoms with E-state index >= 15 is 0 Å². The van der Waals surface area contributed by atoms with Crippen molar-refractivity contribution in [1.29, 1.82) is 0 Å². The zero-order valence-electron chi connectivity index (χ0n) is 9.45. The Balaban J connectivity index is 2.88. The summed E-state index contributed by atoms with van der Waals surface area (Å²) in [6.45, 7) is -0.663. The molecule has 1 aromatic rings. The van der Waals surface area contributed by atoms with E-state index in [2.05, 4.69) is 0 Å². The molecule has 0 fully saturated rings. The van der Waals surface area contributed by atoms with Gasteiger partial charge in [0.1, 0.15) is 5.56 Å². The van der Waals surface area contributed by atoms with Crippen molar-refractivity contribution in [3.63, 3.8) is 0 Å². The minimum absolute atomic E-state index is 0.0806. The molecular formula is C11H11F3O4. The summed E-state index contributed by atoms with van der Waals surface area (Å²) in [4.78, 5) is 10.9. The summed E-state index contributed by atoms with van der Waals surface area (Å²) in [6, 6.07) is 4.06. The van der Waals surface area contributed by atoms with Crippen molar-refractivity contribution in [2.45, 2.75) is 12.6 Å². The second-order valence-corrected chi connectivity index (χ2v) is 3.36. The normalized spacial score (nSPS) is 11.1. The summed E-state index contributed by atoms with van der Waals surface area (Å²) in [7, 11) is 1.28. The van der Waals surface area contributed by atoms with Crippen LogP contribution in [0.2, 0.25) is 0 Å². The van der Waals surface area contributed by atoms with Gasteiger partial charge in [0.25, 0.3) is 0 Å². The van der Waals surface area contributed by atoms with E-state index in [9.17, 15) is 18.0 Å². The lowest BCUT2D eigenvalue weighted by Crippen LogP contribution is -2.14. The number of alkyl halides is 3. The molecule has 0 saturated heterocycles. The van der Waals surface area contributed by atoms with Gasteiger partial charge < -0.3 is 14.6 Å². The summed E-state index contributed by atoms with van der Waals surface area (Å²) in [5.74, 6) is -1.41. The molecule has 18 heavy (non-hydrogen) atoms. The molecule has 0 heterocycles. The molecule has 0 aliphatic carbocycles. The summed E-state index contributed by atoms with van der Waals surface area (Å²) in [5.41, 5.74) is -0.239. The molecule has 0 radical (unpaired) electrons. The van der Waals surface area contributed by atoms with E-state index in [1.807, 2.05) is 0 Å². The fourth-order valence-corrected chi connectivity index (χ4v) is 1.26. The zero-order valence-corrected chi connectivity index (χ0v) is 9.45. The Labute approximate surface area is 101 Å². The number of para-hydroxylation sites is 1. The first-order valence-electron chi connectivity index (χ1n) is 4.95. The van der Waals surface area contributed by atoms with E-state index in [4.69, 9.17) is 14.6 Å². The minimum atomic E-state index is -4.36. The minimum Gasteiger partial charge on any atom is -0.493 e. The highest BCUT2D eigenvalue weighted by Crippen LogP contribution is 2.32. The summed E-state index contributed by atoms with van der Waals surface area (Å²) in [5, 5.41) is 8.89. The second-order valence-electron chi connectivity index (χ2n) is 3.36. The van der Waals surface area contributed by atoms with Gasteiger partial charge in [0.05, 0.1) is 20.1 Å². The maximum absolute atomic E-state index is 12.0. The van der Waals surface area contributed by atoms with Crippen LogP contribution in [-0.2, 0) is 0 Å². The molecule has 0 unspecified atom stereocenters. The molecule has 1 N–H and O–H groups in total. The highest BCUT2D eigenvalue weighted by atomic mass is 19.4. The third-order valence-corrected chi connectivity index (χ3v) is 2.06. The van der Waals surface area contributed by atoms with Crippen LogP contribution in [-0.4, -0.2) is 31.0 Å². The number of ether oxygens (including phenoxy) is 2. The number of methoxy groups -OCH3 is 1. The molecule has 1 rings (SSSR count). The molecule has 0 bridgehead atoms. The molecule has 0 aliphatic rings. The number of carboxylic acids is 1. The average Bonchev–Trinajstić information content (AvgIpc) is 2.27. The molecule has 0 amide bonds. The molecular weight excluding hydrogens is 253 g/mol. The number of halogens is 3. The summed E-state index contributed by atoms with van der Waals surface area (Å²) >= 11 is 0. The van der Waals surface area contributed by atoms with Crippen LogP contribution in [0.4, 0.5) is 13.2 Å². The Morgan fingerprint density at radius 2 is 2.06 bits per heavy atom. The van der Waals surface area contributed by atoms with Crippen molar-refractivity contribution in [2.24, 2.45) is 0 Å². The molecule has 4 nitrogen and oxygen atoms in total. The molecule has 1 aromatic carbocycles. The Bertz CT molecular complexity index is 429. The van der Waals surface area contributed by atoms with Crippen LogP contribution >= 0.6 is 0 Å². The Kier molecular flexibility index (Phi) is 4.41. The van der Waals surface area contributed by atoms with Crippen LogP contribution in [0.25, 0.3) is 0 Å². The van der Waals surface area contributed by atoms with Crippen LogP contribution in [0.5, 0.6) is 11.5 Å². The van der Waals surface area contributed by atoms with Gasteiger partial charge in [-0.2, -0.15) is 13.2 Å². The standard InChI is InChI=1S/C11H11F3O4/c1-17-8-4-2-3-7(10(15)16)9(8)18-6-5-11(12,13)14/h2-4H,5-6H2,1H3,(H,15,16). The van der Waals surface area contributed by atoms with Crippen LogP contribution in [0.15, 0.2) is 18.2 Å². The molecule has 0 aromatic heterocycles. The van der Waals surface area contributed by atoms with Gasteiger partial charge in [-0.15, -0.1) is 0 Å². The van der Waals surface area contributed by atoms with E-state index in [0.29, 0.717) is 0 Å². The van der Waals surface area contributed by atoms with Crippen molar-refractivity contribution in [3.05, 3.63) is 23.8 Å². The smallest absolute Gasteiger partial charge is 0.392 e. The number of benzene rings is 1. The van der Waals surface area contributed by atoms with Crippen molar-refractivity contribution >= 4 is 5.97 Å². The monoisotopic (exact) mass is 264 g/mol. The second kappa shape index (κ2) is 5.61. The molecule has 100 valence electrons. The predicted molar refractivity (Wildman–Crippen MR) is 56.1 cm³/mol. The number of rotatable bonds is 5. The van der Waals surface area contributed by atoms with Crippen LogP contribution in [0.3, 0.4) is 0 Å². The first-order valence-corrected chi connectivity index (χ1v) is 4.95. The maximum Gasteiger partial charge on any atom is 0.392 e. The first kappa shape index (κ1) is 14.1. The zero-order chi connectivity index (χ0) is 13.8. The van der Waals surface area contributed by atoms with E-state index in [0.717, 1.165) is 0 Å². The number of hydrogen-bond acceptors (Lipinski definition) is 3. The van der Waals surface area contributed by atoms with Gasteiger partial charge in [0.2, 0.25) is 0 Å². The lowest BCUT2D eigenvalue weighted by atomic mass is 10.2. The van der Waals surface area contributed by atoms with Gasteiger partial charge in [-0.3, -0.25) is 0 Å². The molecule has 0 atom stereocenters. The van der Waals surface area contributed by atoms with E-state index in [1.165, 1.54) is 25.3 Å². The molecule has 0 saturated carbocycles. The largest absolute Gasteiger partial charge is 0.493 e. The fraction of sp³-hybridized carbons (Fsp3) is 0.364. The van der Waals surface area contributed by atoms with E-state index in [1.54, 1.807) is 0 Å². The Hall–Kier alpha value is -1.92. The van der Waals surface area contributed by atoms with Crippen molar-refractivity contribution in [1.82, 2.24) is 0 Å². The number of carboxylic acid groups (broad SMARTS) is 1. The summed E-state index contributed by atoms with van der Waals surface area (Å²) in [6.07, 6.45) is -5.52. The lowest BCUT2D eigenvalue weighted by molar-refractivity contribution is -0.139. The van der Waals surface area contributed by atoms with E-state index in [-0.39, 0.29) is 17.1 Å². The Morgan fingerprint density at radius 3 is 2.56 bits per heavy atom. The summed E-state index contributed by atoms with van der Waals surface area (Å²) < 4.78 is 45.6. The fourth-order valence-electron chi connectivity index (χ4n) is 1.26. The van der Waals surface area contributed by atoms with E-state index < -0.39 is 25.2 Å². The third kappa shape index (κ3) is 3.83. The van der Waals surface area contributed by atoms with Gasteiger partial charge in [-0.1, -0.05) is 6.07 Å². The average molecular weight is 264 g/mol. The van der Waals surface area contributed by atoms with Gasteiger partial charge in [0, 0.05) is 0 Å². The van der Waals surface area contributed by atoms with Crippen LogP contribution < -0.4 is 9.47 Å². The lowest BCUT2D eigenvalue weighted by Gasteiger charge is -2.13. The highest BCUT2D eigenvalue weighted by molar-refractivity contribution is 5.92.